The molecule has 0 aliphatic heterocycles. The van der Waals surface area contributed by atoms with Crippen LogP contribution in [0.1, 0.15) is 15.9 Å². The maximum atomic E-state index is 13.3. The number of hydrogen-bond acceptors (Lipinski definition) is 5. The molecule has 33 heavy (non-hydrogen) atoms. The highest BCUT2D eigenvalue weighted by Gasteiger charge is 2.19. The molecular formula is C26H25N3O4. The van der Waals surface area contributed by atoms with Crippen LogP contribution < -0.4 is 19.5 Å². The number of benzene rings is 3. The van der Waals surface area contributed by atoms with E-state index in [1.165, 1.54) is 0 Å². The summed E-state index contributed by atoms with van der Waals surface area (Å²) in [6.07, 6.45) is 1.74. The van der Waals surface area contributed by atoms with E-state index in [0.29, 0.717) is 22.8 Å². The molecule has 0 saturated heterocycles. The van der Waals surface area contributed by atoms with E-state index in [1.54, 1.807) is 32.2 Å². The summed E-state index contributed by atoms with van der Waals surface area (Å²) >= 11 is 0. The van der Waals surface area contributed by atoms with Crippen molar-refractivity contribution in [3.05, 3.63) is 90.1 Å². The first-order valence-corrected chi connectivity index (χ1v) is 10.4. The van der Waals surface area contributed by atoms with Crippen molar-refractivity contribution in [2.45, 2.75) is 6.54 Å². The van der Waals surface area contributed by atoms with Crippen LogP contribution in [-0.2, 0) is 6.54 Å². The number of carbonyl (C=O) groups excluding carboxylic acids is 1. The lowest BCUT2D eigenvalue weighted by Crippen LogP contribution is -2.23. The molecule has 7 nitrogen and oxygen atoms in total. The van der Waals surface area contributed by atoms with Crippen molar-refractivity contribution in [1.29, 1.82) is 0 Å². The van der Waals surface area contributed by atoms with Gasteiger partial charge in [-0.2, -0.15) is 5.10 Å². The van der Waals surface area contributed by atoms with Gasteiger partial charge in [0.2, 0.25) is 0 Å². The average Bonchev–Trinajstić information content (AvgIpc) is 3.33. The Labute approximate surface area is 192 Å². The van der Waals surface area contributed by atoms with Gasteiger partial charge in [0.1, 0.15) is 11.4 Å². The van der Waals surface area contributed by atoms with Crippen molar-refractivity contribution < 1.29 is 19.0 Å². The summed E-state index contributed by atoms with van der Waals surface area (Å²) in [6.45, 7) is 0.276. The Morgan fingerprint density at radius 2 is 1.64 bits per heavy atom. The summed E-state index contributed by atoms with van der Waals surface area (Å²) in [7, 11) is 4.78. The van der Waals surface area contributed by atoms with Crippen molar-refractivity contribution in [1.82, 2.24) is 15.1 Å². The zero-order valence-electron chi connectivity index (χ0n) is 18.7. The second-order valence-electron chi connectivity index (χ2n) is 7.24. The Balaban J connectivity index is 1.67. The van der Waals surface area contributed by atoms with Crippen molar-refractivity contribution in [2.24, 2.45) is 0 Å². The fourth-order valence-corrected chi connectivity index (χ4v) is 3.58. The van der Waals surface area contributed by atoms with Gasteiger partial charge >= 0.3 is 0 Å². The minimum Gasteiger partial charge on any atom is -0.497 e. The molecule has 0 unspecified atom stereocenters. The quantitative estimate of drug-likeness (QED) is 0.434. The second kappa shape index (κ2) is 9.91. The molecule has 0 aliphatic rings. The summed E-state index contributed by atoms with van der Waals surface area (Å²) in [5.74, 6) is 1.70. The highest BCUT2D eigenvalue weighted by atomic mass is 16.5. The fraction of sp³-hybridized carbons (Fsp3) is 0.154. The third-order valence-corrected chi connectivity index (χ3v) is 5.27. The maximum Gasteiger partial charge on any atom is 0.255 e. The van der Waals surface area contributed by atoms with Gasteiger partial charge in [-0.1, -0.05) is 30.3 Å². The van der Waals surface area contributed by atoms with Crippen molar-refractivity contribution >= 4 is 5.91 Å². The second-order valence-corrected chi connectivity index (χ2v) is 7.24. The van der Waals surface area contributed by atoms with Crippen molar-refractivity contribution in [3.63, 3.8) is 0 Å². The molecule has 1 aromatic heterocycles. The zero-order chi connectivity index (χ0) is 23.2. The Morgan fingerprint density at radius 1 is 0.879 bits per heavy atom. The van der Waals surface area contributed by atoms with Gasteiger partial charge in [0.05, 0.1) is 32.6 Å². The van der Waals surface area contributed by atoms with Crippen LogP contribution in [0.2, 0.25) is 0 Å². The van der Waals surface area contributed by atoms with Crippen LogP contribution in [0.4, 0.5) is 0 Å². The highest BCUT2D eigenvalue weighted by Crippen LogP contribution is 2.31. The van der Waals surface area contributed by atoms with Crippen LogP contribution in [0.15, 0.2) is 79.0 Å². The number of nitrogens with one attached hydrogen (secondary N) is 1. The summed E-state index contributed by atoms with van der Waals surface area (Å²) < 4.78 is 17.8. The molecular weight excluding hydrogens is 418 g/mol. The number of methoxy groups -OCH3 is 3. The van der Waals surface area contributed by atoms with E-state index < -0.39 is 0 Å². The van der Waals surface area contributed by atoms with Crippen molar-refractivity contribution in [2.75, 3.05) is 21.3 Å². The third-order valence-electron chi connectivity index (χ3n) is 5.27. The number of carbonyl (C=O) groups is 1. The minimum absolute atomic E-state index is 0.243. The lowest BCUT2D eigenvalue weighted by atomic mass is 10.1. The monoisotopic (exact) mass is 443 g/mol. The number of para-hydroxylation sites is 2. The first-order chi connectivity index (χ1) is 16.1. The highest BCUT2D eigenvalue weighted by molar-refractivity contribution is 6.00. The van der Waals surface area contributed by atoms with Crippen LogP contribution in [0.3, 0.4) is 0 Å². The Morgan fingerprint density at radius 3 is 2.30 bits per heavy atom. The number of aromatic nitrogens is 2. The van der Waals surface area contributed by atoms with Crippen LogP contribution in [-0.4, -0.2) is 37.0 Å². The van der Waals surface area contributed by atoms with E-state index >= 15 is 0 Å². The van der Waals surface area contributed by atoms with Gasteiger partial charge in [-0.05, 0) is 42.5 Å². The fourth-order valence-electron chi connectivity index (χ4n) is 3.58. The summed E-state index contributed by atoms with van der Waals surface area (Å²) in [4.78, 5) is 13.3. The molecule has 4 rings (SSSR count). The van der Waals surface area contributed by atoms with E-state index in [1.807, 2.05) is 72.8 Å². The first-order valence-electron chi connectivity index (χ1n) is 10.4. The molecule has 0 bridgehead atoms. The summed E-state index contributed by atoms with van der Waals surface area (Å²) in [5, 5.41) is 7.70. The van der Waals surface area contributed by atoms with Crippen LogP contribution in [0.25, 0.3) is 16.9 Å². The molecule has 3 aromatic carbocycles. The van der Waals surface area contributed by atoms with E-state index in [9.17, 15) is 4.79 Å². The summed E-state index contributed by atoms with van der Waals surface area (Å²) in [6, 6.07) is 22.7. The topological polar surface area (TPSA) is 74.6 Å². The van der Waals surface area contributed by atoms with Crippen LogP contribution in [0.5, 0.6) is 17.2 Å². The minimum atomic E-state index is -0.243. The molecule has 7 heteroatoms. The average molecular weight is 444 g/mol. The van der Waals surface area contributed by atoms with E-state index in [-0.39, 0.29) is 12.5 Å². The van der Waals surface area contributed by atoms with Gasteiger partial charge in [0.15, 0.2) is 11.5 Å². The Hall–Kier alpha value is -4.26. The molecule has 0 saturated carbocycles. The van der Waals surface area contributed by atoms with Gasteiger partial charge < -0.3 is 19.5 Å². The molecule has 0 atom stereocenters. The lowest BCUT2D eigenvalue weighted by Gasteiger charge is -2.13. The van der Waals surface area contributed by atoms with E-state index in [4.69, 9.17) is 19.3 Å². The van der Waals surface area contributed by atoms with E-state index in [0.717, 1.165) is 22.6 Å². The first kappa shape index (κ1) is 22.0. The lowest BCUT2D eigenvalue weighted by molar-refractivity contribution is 0.0951. The number of ether oxygens (including phenoxy) is 3. The number of amides is 1. The number of rotatable bonds is 8. The Kier molecular flexibility index (Phi) is 6.59. The largest absolute Gasteiger partial charge is 0.497 e. The Bertz CT molecular complexity index is 1230. The molecule has 1 heterocycles. The van der Waals surface area contributed by atoms with Gasteiger partial charge in [-0.25, -0.2) is 4.68 Å². The van der Waals surface area contributed by atoms with Gasteiger partial charge in [0.25, 0.3) is 5.91 Å². The van der Waals surface area contributed by atoms with Crippen LogP contribution in [0, 0.1) is 0 Å². The number of nitrogens with zero attached hydrogens (tertiary/aromatic N) is 2. The van der Waals surface area contributed by atoms with Crippen molar-refractivity contribution in [3.8, 4) is 34.2 Å². The SMILES string of the molecule is COc1ccc(-c2nn(-c3ccccc3)cc2C(=O)NCc2cccc(OC)c2OC)cc1. The van der Waals surface area contributed by atoms with Crippen LogP contribution >= 0.6 is 0 Å². The predicted octanol–water partition coefficient (Wildman–Crippen LogP) is 4.50. The van der Waals surface area contributed by atoms with E-state index in [2.05, 4.69) is 5.32 Å². The molecule has 1 amide bonds. The molecule has 0 radical (unpaired) electrons. The van der Waals surface area contributed by atoms with Gasteiger partial charge in [0, 0.05) is 23.9 Å². The number of hydrogen-bond donors (Lipinski definition) is 1. The normalized spacial score (nSPS) is 10.5. The molecule has 168 valence electrons. The third kappa shape index (κ3) is 4.67. The molecule has 4 aromatic rings. The summed E-state index contributed by atoms with van der Waals surface area (Å²) in [5.41, 5.74) is 3.53. The maximum absolute atomic E-state index is 13.3. The molecule has 0 aliphatic carbocycles. The molecule has 1 N–H and O–H groups in total. The van der Waals surface area contributed by atoms with Gasteiger partial charge in [-0.3, -0.25) is 4.79 Å². The standard InChI is InChI=1S/C26H25N3O4/c1-31-21-14-12-18(13-15-21)24-22(17-29(28-24)20-9-5-4-6-10-20)26(30)27-16-19-8-7-11-23(32-2)25(19)33-3/h4-15,17H,16H2,1-3H3,(H,27,30). The molecule has 0 fully saturated rings. The molecule has 0 spiro atoms. The van der Waals surface area contributed by atoms with Gasteiger partial charge in [-0.15, -0.1) is 0 Å². The zero-order valence-corrected chi connectivity index (χ0v) is 18.7. The smallest absolute Gasteiger partial charge is 0.255 e. The predicted molar refractivity (Wildman–Crippen MR) is 126 cm³/mol.